The van der Waals surface area contributed by atoms with Crippen LogP contribution >= 0.6 is 0 Å². The number of likely N-dealkylation sites (tertiary alicyclic amines) is 1. The van der Waals surface area contributed by atoms with Gasteiger partial charge >= 0.3 is 0 Å². The summed E-state index contributed by atoms with van der Waals surface area (Å²) >= 11 is 0. The number of benzene rings is 2. The van der Waals surface area contributed by atoms with Crippen LogP contribution in [0.1, 0.15) is 30.1 Å². The van der Waals surface area contributed by atoms with Gasteiger partial charge in [-0.15, -0.1) is 0 Å². The summed E-state index contributed by atoms with van der Waals surface area (Å²) in [5.41, 5.74) is 1.43. The van der Waals surface area contributed by atoms with Crippen LogP contribution in [0.15, 0.2) is 48.5 Å². The van der Waals surface area contributed by atoms with Crippen molar-refractivity contribution in [3.8, 4) is 5.75 Å². The third-order valence-corrected chi connectivity index (χ3v) is 6.31. The Hall–Kier alpha value is -2.44. The van der Waals surface area contributed by atoms with Gasteiger partial charge in [0.05, 0.1) is 19.7 Å². The van der Waals surface area contributed by atoms with Crippen molar-refractivity contribution >= 4 is 5.91 Å². The monoisotopic (exact) mass is 382 g/mol. The molecule has 3 saturated heterocycles. The van der Waals surface area contributed by atoms with Crippen LogP contribution in [0.4, 0.5) is 4.39 Å². The van der Waals surface area contributed by atoms with Crippen LogP contribution in [-0.2, 0) is 16.1 Å². The first-order chi connectivity index (χ1) is 13.6. The van der Waals surface area contributed by atoms with E-state index < -0.39 is 5.72 Å². The van der Waals surface area contributed by atoms with Gasteiger partial charge < -0.3 is 14.4 Å². The number of methoxy groups -OCH3 is 1. The highest BCUT2D eigenvalue weighted by Crippen LogP contribution is 2.50. The molecule has 0 radical (unpaired) electrons. The van der Waals surface area contributed by atoms with E-state index in [1.54, 1.807) is 6.07 Å². The van der Waals surface area contributed by atoms with E-state index in [-0.39, 0.29) is 29.6 Å². The number of hydrogen-bond acceptors (Lipinski definition) is 4. The van der Waals surface area contributed by atoms with Crippen molar-refractivity contribution in [2.75, 3.05) is 20.2 Å². The molecule has 3 fully saturated rings. The molecule has 5 rings (SSSR count). The van der Waals surface area contributed by atoms with Crippen molar-refractivity contribution in [3.63, 3.8) is 0 Å². The number of carbonyl (C=O) groups excluding carboxylic acids is 1. The van der Waals surface area contributed by atoms with Gasteiger partial charge in [0.25, 0.3) is 0 Å². The number of rotatable bonds is 4. The number of hydrogen-bond donors (Lipinski definition) is 0. The predicted molar refractivity (Wildman–Crippen MR) is 101 cm³/mol. The molecule has 28 heavy (non-hydrogen) atoms. The molecule has 0 N–H and O–H groups in total. The van der Waals surface area contributed by atoms with E-state index in [0.29, 0.717) is 19.5 Å². The zero-order valence-corrected chi connectivity index (χ0v) is 15.8. The Morgan fingerprint density at radius 2 is 2.07 bits per heavy atom. The molecule has 1 spiro atoms. The third kappa shape index (κ3) is 2.63. The zero-order chi connectivity index (χ0) is 19.3. The summed E-state index contributed by atoms with van der Waals surface area (Å²) in [7, 11) is 1.46. The molecule has 3 aliphatic heterocycles. The summed E-state index contributed by atoms with van der Waals surface area (Å²) < 4.78 is 25.6. The van der Waals surface area contributed by atoms with Crippen LogP contribution in [0.3, 0.4) is 0 Å². The van der Waals surface area contributed by atoms with Crippen molar-refractivity contribution in [1.29, 1.82) is 0 Å². The molecule has 146 valence electrons. The minimum Gasteiger partial charge on any atom is -0.494 e. The summed E-state index contributed by atoms with van der Waals surface area (Å²) in [5, 5.41) is 0. The summed E-state index contributed by atoms with van der Waals surface area (Å²) in [4.78, 5) is 16.9. The third-order valence-electron chi connectivity index (χ3n) is 6.31. The molecule has 1 amide bonds. The molecule has 0 unspecified atom stereocenters. The Bertz CT molecular complexity index is 906. The zero-order valence-electron chi connectivity index (χ0n) is 15.8. The normalized spacial score (nSPS) is 29.2. The number of nitrogens with zero attached hydrogens (tertiary/aromatic N) is 2. The average molecular weight is 382 g/mol. The Labute approximate surface area is 163 Å². The maximum absolute atomic E-state index is 14.1. The average Bonchev–Trinajstić information content (AvgIpc) is 3.32. The molecule has 0 saturated carbocycles. The first-order valence-corrected chi connectivity index (χ1v) is 9.70. The number of ether oxygens (including phenoxy) is 2. The molecule has 0 bridgehead atoms. The fraction of sp³-hybridized carbons (Fsp3) is 0.409. The molecule has 3 atom stereocenters. The van der Waals surface area contributed by atoms with Crippen molar-refractivity contribution in [2.24, 2.45) is 0 Å². The maximum Gasteiger partial charge on any atom is 0.226 e. The van der Waals surface area contributed by atoms with E-state index in [1.165, 1.54) is 13.2 Å². The fourth-order valence-corrected chi connectivity index (χ4v) is 4.98. The Morgan fingerprint density at radius 3 is 2.82 bits per heavy atom. The van der Waals surface area contributed by atoms with Crippen molar-refractivity contribution in [1.82, 2.24) is 9.80 Å². The summed E-state index contributed by atoms with van der Waals surface area (Å²) in [6, 6.07) is 15.1. The molecule has 0 aromatic heterocycles. The van der Waals surface area contributed by atoms with Crippen LogP contribution in [0.5, 0.6) is 5.75 Å². The molecule has 6 heteroatoms. The second-order valence-electron chi connectivity index (χ2n) is 7.78. The second-order valence-corrected chi connectivity index (χ2v) is 7.78. The minimum atomic E-state index is -0.553. The molecular formula is C22H23FN2O3. The van der Waals surface area contributed by atoms with Crippen molar-refractivity contribution in [3.05, 3.63) is 65.5 Å². The van der Waals surface area contributed by atoms with Gasteiger partial charge in [0.1, 0.15) is 6.10 Å². The van der Waals surface area contributed by atoms with Gasteiger partial charge in [-0.05, 0) is 23.3 Å². The molecule has 5 nitrogen and oxygen atoms in total. The van der Waals surface area contributed by atoms with E-state index >= 15 is 0 Å². The maximum atomic E-state index is 14.1. The van der Waals surface area contributed by atoms with Crippen LogP contribution in [0.25, 0.3) is 0 Å². The van der Waals surface area contributed by atoms with Gasteiger partial charge in [-0.2, -0.15) is 0 Å². The summed E-state index contributed by atoms with van der Waals surface area (Å²) in [5.74, 6) is 0.0297. The highest BCUT2D eigenvalue weighted by molar-refractivity contribution is 5.81. The first kappa shape index (κ1) is 17.6. The van der Waals surface area contributed by atoms with Gasteiger partial charge in [0.15, 0.2) is 17.3 Å². The van der Waals surface area contributed by atoms with Gasteiger partial charge in [-0.3, -0.25) is 9.69 Å². The number of carbonyl (C=O) groups is 1. The molecule has 3 heterocycles. The highest BCUT2D eigenvalue weighted by atomic mass is 19.1. The van der Waals surface area contributed by atoms with Crippen LogP contribution in [0, 0.1) is 5.82 Å². The smallest absolute Gasteiger partial charge is 0.226 e. The van der Waals surface area contributed by atoms with Gasteiger partial charge in [-0.25, -0.2) is 4.39 Å². The van der Waals surface area contributed by atoms with Crippen LogP contribution in [-0.4, -0.2) is 47.7 Å². The van der Waals surface area contributed by atoms with Crippen molar-refractivity contribution < 1.29 is 18.7 Å². The largest absolute Gasteiger partial charge is 0.494 e. The van der Waals surface area contributed by atoms with Gasteiger partial charge in [-0.1, -0.05) is 36.4 Å². The molecule has 3 aliphatic rings. The van der Waals surface area contributed by atoms with E-state index in [9.17, 15) is 9.18 Å². The lowest BCUT2D eigenvalue weighted by Gasteiger charge is -2.32. The second kappa shape index (κ2) is 6.57. The van der Waals surface area contributed by atoms with Gasteiger partial charge in [0.2, 0.25) is 5.91 Å². The van der Waals surface area contributed by atoms with E-state index in [2.05, 4.69) is 17.0 Å². The quantitative estimate of drug-likeness (QED) is 0.815. The van der Waals surface area contributed by atoms with Crippen LogP contribution in [0.2, 0.25) is 0 Å². The van der Waals surface area contributed by atoms with E-state index in [4.69, 9.17) is 9.47 Å². The van der Waals surface area contributed by atoms with E-state index in [0.717, 1.165) is 24.1 Å². The lowest BCUT2D eigenvalue weighted by atomic mass is 10.1. The predicted octanol–water partition coefficient (Wildman–Crippen LogP) is 3.11. The van der Waals surface area contributed by atoms with Crippen molar-refractivity contribution in [2.45, 2.75) is 37.3 Å². The lowest BCUT2D eigenvalue weighted by Crippen LogP contribution is -2.47. The lowest BCUT2D eigenvalue weighted by molar-refractivity contribution is -0.138. The number of amides is 1. The topological polar surface area (TPSA) is 42.0 Å². The molecule has 2 aromatic carbocycles. The summed E-state index contributed by atoms with van der Waals surface area (Å²) in [6.45, 7) is 2.02. The molecular weight excluding hydrogens is 359 g/mol. The Kier molecular flexibility index (Phi) is 4.14. The highest BCUT2D eigenvalue weighted by Gasteiger charge is 2.63. The van der Waals surface area contributed by atoms with E-state index in [1.807, 2.05) is 29.2 Å². The first-order valence-electron chi connectivity index (χ1n) is 9.70. The molecule has 0 aliphatic carbocycles. The Morgan fingerprint density at radius 1 is 1.25 bits per heavy atom. The Balaban J connectivity index is 1.38. The van der Waals surface area contributed by atoms with Crippen LogP contribution < -0.4 is 4.74 Å². The fourth-order valence-electron chi connectivity index (χ4n) is 4.98. The van der Waals surface area contributed by atoms with Gasteiger partial charge in [0, 0.05) is 25.9 Å². The molecule has 2 aromatic rings. The minimum absolute atomic E-state index is 0.00104. The SMILES string of the molecule is COc1ccc(CN2CC[C@@]34O[C@@H](c5ccccc5)CN3C(=O)C[C@@H]24)cc1F. The summed E-state index contributed by atoms with van der Waals surface area (Å²) in [6.07, 6.45) is 1.15. The number of halogens is 1. The standard InChI is InChI=1S/C22H23FN2O3/c1-27-18-8-7-15(11-17(18)23)13-24-10-9-22-20(24)12-21(26)25(22)14-19(28-22)16-5-3-2-4-6-16/h2-8,11,19-20H,9-10,12-14H2,1H3/t19-,20-,22+/m1/s1.